The molecule has 0 atom stereocenters. The molecular weight excluding hydrogens is 358 g/mol. The highest BCUT2D eigenvalue weighted by molar-refractivity contribution is 7.19. The van der Waals surface area contributed by atoms with Crippen LogP contribution in [-0.4, -0.2) is 23.0 Å². The number of fused-ring (bicyclic) bond motifs is 1. The number of aryl methyl sites for hydroxylation is 1. The van der Waals surface area contributed by atoms with Crippen molar-refractivity contribution in [1.82, 2.24) is 9.97 Å². The molecule has 6 heteroatoms. The summed E-state index contributed by atoms with van der Waals surface area (Å²) < 4.78 is 4.74. The summed E-state index contributed by atoms with van der Waals surface area (Å²) in [6.07, 6.45) is 1.57. The number of aromatic nitrogens is 2. The van der Waals surface area contributed by atoms with E-state index in [4.69, 9.17) is 4.74 Å². The minimum atomic E-state index is -0.356. The first-order chi connectivity index (χ1) is 13.2. The Hall–Kier alpha value is -3.25. The van der Waals surface area contributed by atoms with Crippen molar-refractivity contribution in [2.75, 3.05) is 12.4 Å². The third kappa shape index (κ3) is 3.27. The van der Waals surface area contributed by atoms with Gasteiger partial charge in [0, 0.05) is 16.1 Å². The molecule has 0 amide bonds. The summed E-state index contributed by atoms with van der Waals surface area (Å²) in [5.41, 5.74) is 3.63. The maximum Gasteiger partial charge on any atom is 0.337 e. The first kappa shape index (κ1) is 17.2. The third-order valence-corrected chi connectivity index (χ3v) is 5.31. The van der Waals surface area contributed by atoms with Crippen LogP contribution in [-0.2, 0) is 4.74 Å². The van der Waals surface area contributed by atoms with Crippen LogP contribution in [0.5, 0.6) is 0 Å². The largest absolute Gasteiger partial charge is 0.465 e. The molecule has 4 rings (SSSR count). The average molecular weight is 375 g/mol. The summed E-state index contributed by atoms with van der Waals surface area (Å²) in [5, 5.41) is 4.36. The van der Waals surface area contributed by atoms with Gasteiger partial charge in [0.05, 0.1) is 18.1 Å². The van der Waals surface area contributed by atoms with E-state index in [0.717, 1.165) is 32.8 Å². The van der Waals surface area contributed by atoms with Gasteiger partial charge in [-0.3, -0.25) is 0 Å². The van der Waals surface area contributed by atoms with Crippen molar-refractivity contribution >= 4 is 39.0 Å². The fourth-order valence-corrected chi connectivity index (χ4v) is 4.05. The Morgan fingerprint density at radius 2 is 1.78 bits per heavy atom. The number of rotatable bonds is 4. The molecule has 0 unspecified atom stereocenters. The highest BCUT2D eigenvalue weighted by Crippen LogP contribution is 2.40. The lowest BCUT2D eigenvalue weighted by Crippen LogP contribution is -2.01. The van der Waals surface area contributed by atoms with Crippen molar-refractivity contribution < 1.29 is 9.53 Å². The van der Waals surface area contributed by atoms with E-state index in [1.807, 2.05) is 30.3 Å². The van der Waals surface area contributed by atoms with Crippen LogP contribution in [0.15, 0.2) is 60.9 Å². The van der Waals surface area contributed by atoms with Crippen LogP contribution in [0.2, 0.25) is 0 Å². The van der Waals surface area contributed by atoms with Crippen molar-refractivity contribution in [3.8, 4) is 11.1 Å². The van der Waals surface area contributed by atoms with E-state index in [9.17, 15) is 4.79 Å². The van der Waals surface area contributed by atoms with Gasteiger partial charge in [-0.2, -0.15) is 0 Å². The normalized spacial score (nSPS) is 10.7. The predicted octanol–water partition coefficient (Wildman–Crippen LogP) is 5.20. The SMILES string of the molecule is COC(=O)c1ccc(Nc2ncnc3sc(C)c(-c4ccccc4)c23)cc1. The van der Waals surface area contributed by atoms with Gasteiger partial charge in [-0.1, -0.05) is 30.3 Å². The number of anilines is 2. The van der Waals surface area contributed by atoms with E-state index in [1.165, 1.54) is 12.0 Å². The molecule has 1 N–H and O–H groups in total. The number of thiophene rings is 1. The van der Waals surface area contributed by atoms with Crippen molar-refractivity contribution in [2.24, 2.45) is 0 Å². The number of methoxy groups -OCH3 is 1. The smallest absolute Gasteiger partial charge is 0.337 e. The Morgan fingerprint density at radius 1 is 1.04 bits per heavy atom. The Balaban J connectivity index is 1.77. The Kier molecular flexibility index (Phi) is 4.56. The highest BCUT2D eigenvalue weighted by Gasteiger charge is 2.16. The number of benzene rings is 2. The van der Waals surface area contributed by atoms with Crippen molar-refractivity contribution in [1.29, 1.82) is 0 Å². The number of hydrogen-bond donors (Lipinski definition) is 1. The topological polar surface area (TPSA) is 64.1 Å². The zero-order valence-corrected chi connectivity index (χ0v) is 15.7. The van der Waals surface area contributed by atoms with Crippen molar-refractivity contribution in [3.05, 3.63) is 71.4 Å². The summed E-state index contributed by atoms with van der Waals surface area (Å²) in [4.78, 5) is 22.6. The zero-order valence-electron chi connectivity index (χ0n) is 14.9. The van der Waals surface area contributed by atoms with Crippen LogP contribution >= 0.6 is 11.3 Å². The number of ether oxygens (including phenoxy) is 1. The van der Waals surface area contributed by atoms with E-state index >= 15 is 0 Å². The van der Waals surface area contributed by atoms with E-state index < -0.39 is 0 Å². The van der Waals surface area contributed by atoms with Gasteiger partial charge in [0.2, 0.25) is 0 Å². The Labute approximate surface area is 160 Å². The number of carbonyl (C=O) groups excluding carboxylic acids is 1. The minimum absolute atomic E-state index is 0.356. The molecule has 0 aliphatic heterocycles. The standard InChI is InChI=1S/C21H17N3O2S/c1-13-17(14-6-4-3-5-7-14)18-19(22-12-23-20(18)27-13)24-16-10-8-15(9-11-16)21(25)26-2/h3-12H,1-2H3,(H,22,23,24). The molecule has 0 saturated carbocycles. The van der Waals surface area contributed by atoms with Gasteiger partial charge in [0.25, 0.3) is 0 Å². The summed E-state index contributed by atoms with van der Waals surface area (Å²) in [6, 6.07) is 17.4. The number of carbonyl (C=O) groups is 1. The summed E-state index contributed by atoms with van der Waals surface area (Å²) in [7, 11) is 1.37. The van der Waals surface area contributed by atoms with Crippen LogP contribution in [0, 0.1) is 6.92 Å². The quantitative estimate of drug-likeness (QED) is 0.497. The molecule has 0 fully saturated rings. The van der Waals surface area contributed by atoms with Gasteiger partial charge >= 0.3 is 5.97 Å². The minimum Gasteiger partial charge on any atom is -0.465 e. The molecule has 134 valence electrons. The van der Waals surface area contributed by atoms with Crippen LogP contribution in [0.1, 0.15) is 15.2 Å². The molecule has 0 bridgehead atoms. The molecule has 2 aromatic carbocycles. The first-order valence-electron chi connectivity index (χ1n) is 8.42. The Morgan fingerprint density at radius 3 is 2.48 bits per heavy atom. The van der Waals surface area contributed by atoms with Crippen molar-refractivity contribution in [3.63, 3.8) is 0 Å². The average Bonchev–Trinajstić information content (AvgIpc) is 3.05. The zero-order chi connectivity index (χ0) is 18.8. The molecule has 0 saturated heterocycles. The third-order valence-electron chi connectivity index (χ3n) is 4.30. The second kappa shape index (κ2) is 7.17. The molecule has 27 heavy (non-hydrogen) atoms. The summed E-state index contributed by atoms with van der Waals surface area (Å²) in [5.74, 6) is 0.389. The lowest BCUT2D eigenvalue weighted by Gasteiger charge is -2.09. The first-order valence-corrected chi connectivity index (χ1v) is 9.24. The molecule has 4 aromatic rings. The highest BCUT2D eigenvalue weighted by atomic mass is 32.1. The second-order valence-corrected chi connectivity index (χ2v) is 7.20. The molecule has 0 spiro atoms. The number of hydrogen-bond acceptors (Lipinski definition) is 6. The van der Waals surface area contributed by atoms with E-state index in [2.05, 4.69) is 34.3 Å². The molecule has 2 aromatic heterocycles. The molecule has 0 aliphatic carbocycles. The van der Waals surface area contributed by atoms with E-state index in [0.29, 0.717) is 5.56 Å². The van der Waals surface area contributed by atoms with Crippen LogP contribution < -0.4 is 5.32 Å². The molecule has 5 nitrogen and oxygen atoms in total. The van der Waals surface area contributed by atoms with Crippen LogP contribution in [0.3, 0.4) is 0 Å². The predicted molar refractivity (Wildman–Crippen MR) is 109 cm³/mol. The van der Waals surface area contributed by atoms with Crippen LogP contribution in [0.4, 0.5) is 11.5 Å². The molecule has 0 aliphatic rings. The molecular formula is C21H17N3O2S. The number of esters is 1. The van der Waals surface area contributed by atoms with Gasteiger partial charge in [0.15, 0.2) is 0 Å². The number of nitrogens with zero attached hydrogens (tertiary/aromatic N) is 2. The molecule has 0 radical (unpaired) electrons. The fourth-order valence-electron chi connectivity index (χ4n) is 3.04. The lowest BCUT2D eigenvalue weighted by atomic mass is 10.0. The van der Waals surface area contributed by atoms with E-state index in [-0.39, 0.29) is 5.97 Å². The van der Waals surface area contributed by atoms with Gasteiger partial charge < -0.3 is 10.1 Å². The summed E-state index contributed by atoms with van der Waals surface area (Å²) in [6.45, 7) is 2.10. The summed E-state index contributed by atoms with van der Waals surface area (Å²) >= 11 is 1.66. The number of nitrogens with one attached hydrogen (secondary N) is 1. The lowest BCUT2D eigenvalue weighted by molar-refractivity contribution is 0.0601. The second-order valence-electron chi connectivity index (χ2n) is 6.00. The van der Waals surface area contributed by atoms with Gasteiger partial charge in [0.1, 0.15) is 17.0 Å². The van der Waals surface area contributed by atoms with E-state index in [1.54, 1.807) is 29.8 Å². The van der Waals surface area contributed by atoms with Crippen LogP contribution in [0.25, 0.3) is 21.3 Å². The fraction of sp³-hybridized carbons (Fsp3) is 0.0952. The maximum absolute atomic E-state index is 11.6. The van der Waals surface area contributed by atoms with Gasteiger partial charge in [-0.05, 0) is 36.8 Å². The molecule has 2 heterocycles. The van der Waals surface area contributed by atoms with Crippen molar-refractivity contribution in [2.45, 2.75) is 6.92 Å². The van der Waals surface area contributed by atoms with Gasteiger partial charge in [-0.15, -0.1) is 11.3 Å². The Bertz CT molecular complexity index is 1110. The maximum atomic E-state index is 11.6. The van der Waals surface area contributed by atoms with Gasteiger partial charge in [-0.25, -0.2) is 14.8 Å². The monoisotopic (exact) mass is 375 g/mol.